The number of nitrogens with two attached hydrogens (primary N) is 1. The van der Waals surface area contributed by atoms with Gasteiger partial charge in [0.05, 0.1) is 10.7 Å². The molecule has 0 aromatic heterocycles. The van der Waals surface area contributed by atoms with E-state index in [-0.39, 0.29) is 17.0 Å². The summed E-state index contributed by atoms with van der Waals surface area (Å²) in [5.41, 5.74) is 3.13. The van der Waals surface area contributed by atoms with Gasteiger partial charge in [-0.15, -0.1) is 0 Å². The van der Waals surface area contributed by atoms with Crippen molar-refractivity contribution in [2.45, 2.75) is 38.3 Å². The number of rotatable bonds is 4. The number of benzene rings is 2. The summed E-state index contributed by atoms with van der Waals surface area (Å²) in [7, 11) is 0. The van der Waals surface area contributed by atoms with E-state index in [1.54, 1.807) is 0 Å². The normalized spacial score (nSPS) is 17.9. The molecule has 2 atom stereocenters. The predicted molar refractivity (Wildman–Crippen MR) is 93.5 cm³/mol. The average molecular weight is 348 g/mol. The zero-order valence-electron chi connectivity index (χ0n) is 13.6. The third kappa shape index (κ3) is 3.77. The van der Waals surface area contributed by atoms with Gasteiger partial charge in [-0.3, -0.25) is 4.79 Å². The van der Waals surface area contributed by atoms with E-state index in [2.05, 4.69) is 28.8 Å². The fraction of sp³-hybridized carbons (Fsp3) is 0.316. The van der Waals surface area contributed by atoms with E-state index in [4.69, 9.17) is 11.6 Å². The third-order valence-electron chi connectivity index (χ3n) is 4.54. The molecule has 3 rings (SSSR count). The van der Waals surface area contributed by atoms with Gasteiger partial charge in [0.1, 0.15) is 11.9 Å². The summed E-state index contributed by atoms with van der Waals surface area (Å²) in [6.45, 7) is 1.88. The van der Waals surface area contributed by atoms with Crippen LogP contribution < -0.4 is 10.6 Å². The van der Waals surface area contributed by atoms with Crippen molar-refractivity contribution in [3.05, 3.63) is 64.4 Å². The summed E-state index contributed by atoms with van der Waals surface area (Å²) in [5.74, 6) is -0.553. The number of fused-ring (bicyclic) bond motifs is 1. The van der Waals surface area contributed by atoms with E-state index in [1.807, 2.05) is 13.0 Å². The van der Waals surface area contributed by atoms with Crippen LogP contribution in [0.2, 0.25) is 5.02 Å². The number of aryl methyl sites for hydroxylation is 1. The fourth-order valence-corrected chi connectivity index (χ4v) is 3.48. The number of hydrogen-bond donors (Lipinski definition) is 2. The van der Waals surface area contributed by atoms with E-state index in [0.717, 1.165) is 19.3 Å². The molecule has 0 saturated heterocycles. The predicted octanol–water partition coefficient (Wildman–Crippen LogP) is 3.45. The van der Waals surface area contributed by atoms with E-state index in [1.165, 1.54) is 29.3 Å². The minimum absolute atomic E-state index is 0.133. The highest BCUT2D eigenvalue weighted by atomic mass is 35.5. The van der Waals surface area contributed by atoms with Crippen molar-refractivity contribution < 1.29 is 14.5 Å². The van der Waals surface area contributed by atoms with Crippen LogP contribution in [0.25, 0.3) is 0 Å². The average Bonchev–Trinajstić information content (AvgIpc) is 2.57. The molecule has 1 aliphatic carbocycles. The molecule has 0 bridgehead atoms. The van der Waals surface area contributed by atoms with Crippen LogP contribution in [0.3, 0.4) is 0 Å². The number of carbonyl (C=O) groups excluding carboxylic acids is 1. The molecule has 0 fully saturated rings. The summed E-state index contributed by atoms with van der Waals surface area (Å²) in [6.07, 6.45) is 3.30. The van der Waals surface area contributed by atoms with Gasteiger partial charge in [-0.25, -0.2) is 4.39 Å². The topological polar surface area (TPSA) is 45.7 Å². The first-order chi connectivity index (χ1) is 11.5. The number of anilines is 1. The molecule has 0 heterocycles. The first kappa shape index (κ1) is 16.9. The standard InChI is InChI=1S/C19H20ClFN2O/c1-12(19(24)23-18-10-9-14(21)11-16(18)20)22-17-8-4-6-13-5-2-3-7-15(13)17/h2-3,5,7,9-12,17,22H,4,6,8H2,1H3,(H,23,24)/p+1/t12-,17-/m1/s1. The molecule has 5 heteroatoms. The summed E-state index contributed by atoms with van der Waals surface area (Å²) >= 11 is 5.97. The number of amides is 1. The smallest absolute Gasteiger partial charge is 0.282 e. The number of nitrogens with one attached hydrogen (secondary N) is 1. The molecule has 2 aromatic carbocycles. The van der Waals surface area contributed by atoms with Crippen molar-refractivity contribution in [3.63, 3.8) is 0 Å². The molecule has 1 aliphatic rings. The lowest BCUT2D eigenvalue weighted by Gasteiger charge is -2.26. The quantitative estimate of drug-likeness (QED) is 0.874. The molecular weight excluding hydrogens is 327 g/mol. The maximum Gasteiger partial charge on any atom is 0.282 e. The molecular formula is C19H21ClFN2O+. The Bertz CT molecular complexity index is 750. The van der Waals surface area contributed by atoms with E-state index in [0.29, 0.717) is 11.7 Å². The molecule has 0 spiro atoms. The molecule has 24 heavy (non-hydrogen) atoms. The fourth-order valence-electron chi connectivity index (χ4n) is 3.26. The van der Waals surface area contributed by atoms with Crippen LogP contribution in [0.15, 0.2) is 42.5 Å². The summed E-state index contributed by atoms with van der Waals surface area (Å²) in [4.78, 5) is 12.4. The van der Waals surface area contributed by atoms with Gasteiger partial charge in [0.25, 0.3) is 5.91 Å². The Labute approximate surface area is 146 Å². The van der Waals surface area contributed by atoms with Gasteiger partial charge in [-0.1, -0.05) is 35.9 Å². The summed E-state index contributed by atoms with van der Waals surface area (Å²) < 4.78 is 13.1. The van der Waals surface area contributed by atoms with Crippen molar-refractivity contribution in [1.82, 2.24) is 0 Å². The number of carbonyl (C=O) groups is 1. The van der Waals surface area contributed by atoms with Crippen LogP contribution in [0.5, 0.6) is 0 Å². The third-order valence-corrected chi connectivity index (χ3v) is 4.85. The van der Waals surface area contributed by atoms with Gasteiger partial charge in [0.15, 0.2) is 6.04 Å². The minimum Gasteiger partial charge on any atom is -0.330 e. The highest BCUT2D eigenvalue weighted by molar-refractivity contribution is 6.33. The van der Waals surface area contributed by atoms with Crippen LogP contribution in [0.1, 0.15) is 36.9 Å². The SMILES string of the molecule is C[C@@H]([NH2+][C@@H]1CCCc2ccccc21)C(=O)Nc1ccc(F)cc1Cl. The van der Waals surface area contributed by atoms with Gasteiger partial charge in [-0.05, 0) is 43.5 Å². The molecule has 0 saturated carbocycles. The second-order valence-electron chi connectivity index (χ2n) is 6.29. The molecule has 0 radical (unpaired) electrons. The second-order valence-corrected chi connectivity index (χ2v) is 6.70. The van der Waals surface area contributed by atoms with E-state index < -0.39 is 5.82 Å². The first-order valence-corrected chi connectivity index (χ1v) is 8.61. The van der Waals surface area contributed by atoms with Gasteiger partial charge in [0, 0.05) is 12.0 Å². The lowest BCUT2D eigenvalue weighted by atomic mass is 9.87. The van der Waals surface area contributed by atoms with E-state index >= 15 is 0 Å². The van der Waals surface area contributed by atoms with Gasteiger partial charge < -0.3 is 10.6 Å². The second kappa shape index (κ2) is 7.32. The van der Waals surface area contributed by atoms with Gasteiger partial charge in [-0.2, -0.15) is 0 Å². The van der Waals surface area contributed by atoms with Crippen LogP contribution >= 0.6 is 11.6 Å². The molecule has 0 aliphatic heterocycles. The number of halogens is 2. The maximum absolute atomic E-state index is 13.1. The Morgan fingerprint density at radius 3 is 2.92 bits per heavy atom. The number of hydrogen-bond acceptors (Lipinski definition) is 1. The van der Waals surface area contributed by atoms with Crippen LogP contribution in [0.4, 0.5) is 10.1 Å². The Kier molecular flexibility index (Phi) is 5.17. The van der Waals surface area contributed by atoms with Crippen molar-refractivity contribution in [3.8, 4) is 0 Å². The summed E-state index contributed by atoms with van der Waals surface area (Å²) in [6, 6.07) is 12.4. The van der Waals surface area contributed by atoms with Crippen LogP contribution in [0, 0.1) is 5.82 Å². The molecule has 3 N–H and O–H groups in total. The largest absolute Gasteiger partial charge is 0.330 e. The number of quaternary nitrogens is 1. The Morgan fingerprint density at radius 1 is 1.33 bits per heavy atom. The molecule has 126 valence electrons. The lowest BCUT2D eigenvalue weighted by molar-refractivity contribution is -0.714. The van der Waals surface area contributed by atoms with Crippen LogP contribution in [-0.2, 0) is 11.2 Å². The van der Waals surface area contributed by atoms with Crippen molar-refractivity contribution in [2.75, 3.05) is 5.32 Å². The lowest BCUT2D eigenvalue weighted by Crippen LogP contribution is -2.92. The maximum atomic E-state index is 13.1. The zero-order valence-corrected chi connectivity index (χ0v) is 14.3. The zero-order chi connectivity index (χ0) is 17.1. The van der Waals surface area contributed by atoms with E-state index in [9.17, 15) is 9.18 Å². The highest BCUT2D eigenvalue weighted by Crippen LogP contribution is 2.27. The highest BCUT2D eigenvalue weighted by Gasteiger charge is 2.27. The monoisotopic (exact) mass is 347 g/mol. The van der Waals surface area contributed by atoms with Crippen LogP contribution in [-0.4, -0.2) is 11.9 Å². The molecule has 0 unspecified atom stereocenters. The minimum atomic E-state index is -0.420. The van der Waals surface area contributed by atoms with Crippen molar-refractivity contribution >= 4 is 23.2 Å². The first-order valence-electron chi connectivity index (χ1n) is 8.23. The Balaban J connectivity index is 1.67. The van der Waals surface area contributed by atoms with Crippen molar-refractivity contribution in [1.29, 1.82) is 0 Å². The Morgan fingerprint density at radius 2 is 2.12 bits per heavy atom. The molecule has 2 aromatic rings. The molecule has 1 amide bonds. The Hall–Kier alpha value is -1.91. The van der Waals surface area contributed by atoms with Gasteiger partial charge in [0.2, 0.25) is 0 Å². The van der Waals surface area contributed by atoms with Gasteiger partial charge >= 0.3 is 0 Å². The van der Waals surface area contributed by atoms with Crippen molar-refractivity contribution in [2.24, 2.45) is 0 Å². The molecule has 3 nitrogen and oxygen atoms in total. The summed E-state index contributed by atoms with van der Waals surface area (Å²) in [5, 5.41) is 5.09.